The Morgan fingerprint density at radius 2 is 2.21 bits per heavy atom. The Morgan fingerprint density at radius 1 is 1.32 bits per heavy atom. The number of thioether (sulfide) groups is 1. The predicted molar refractivity (Wildman–Crippen MR) is 107 cm³/mol. The number of urea groups is 1. The van der Waals surface area contributed by atoms with Gasteiger partial charge in [0.1, 0.15) is 11.6 Å². The van der Waals surface area contributed by atoms with Gasteiger partial charge in [-0.1, -0.05) is 6.42 Å². The zero-order valence-electron chi connectivity index (χ0n) is 15.5. The second-order valence-corrected chi connectivity index (χ2v) is 8.58. The Bertz CT molecular complexity index is 873. The molecule has 7 nitrogen and oxygen atoms in total. The first-order valence-corrected chi connectivity index (χ1v) is 10.7. The number of amides is 3. The summed E-state index contributed by atoms with van der Waals surface area (Å²) < 4.78 is 13.2. The van der Waals surface area contributed by atoms with Crippen molar-refractivity contribution in [2.24, 2.45) is 0 Å². The van der Waals surface area contributed by atoms with Crippen LogP contribution in [-0.4, -0.2) is 51.5 Å². The van der Waals surface area contributed by atoms with E-state index < -0.39 is 0 Å². The number of imidazole rings is 1. The summed E-state index contributed by atoms with van der Waals surface area (Å²) in [5.74, 6) is 1.44. The summed E-state index contributed by atoms with van der Waals surface area (Å²) in [5.41, 5.74) is 1.39. The normalized spacial score (nSPS) is 23.5. The number of benzene rings is 1. The van der Waals surface area contributed by atoms with Crippen molar-refractivity contribution in [1.82, 2.24) is 25.9 Å². The van der Waals surface area contributed by atoms with Crippen molar-refractivity contribution in [3.05, 3.63) is 29.8 Å². The Hall–Kier alpha value is -2.29. The molecule has 2 saturated heterocycles. The molecule has 9 heteroatoms. The van der Waals surface area contributed by atoms with E-state index in [9.17, 15) is 14.0 Å². The molecule has 28 heavy (non-hydrogen) atoms. The van der Waals surface area contributed by atoms with Crippen LogP contribution < -0.4 is 16.0 Å². The molecule has 4 rings (SSSR count). The van der Waals surface area contributed by atoms with Crippen LogP contribution in [-0.2, 0) is 11.2 Å². The van der Waals surface area contributed by atoms with Crippen LogP contribution in [0, 0.1) is 5.82 Å². The third-order valence-electron chi connectivity index (χ3n) is 5.26. The SMILES string of the molecule is O=C(CCCC[C@@H]1SC[C@@H]2NC(=O)N[C@@H]21)NCCc1nc2ccc(F)cc2[nH]1. The maximum Gasteiger partial charge on any atom is 0.315 e. The molecule has 0 unspecified atom stereocenters. The van der Waals surface area contributed by atoms with E-state index in [1.807, 2.05) is 11.8 Å². The average molecular weight is 405 g/mol. The molecule has 4 N–H and O–H groups in total. The predicted octanol–water partition coefficient (Wildman–Crippen LogP) is 2.09. The summed E-state index contributed by atoms with van der Waals surface area (Å²) in [6.07, 6.45) is 3.90. The molecule has 0 spiro atoms. The topological polar surface area (TPSA) is 98.9 Å². The number of carbonyl (C=O) groups excluding carboxylic acids is 2. The van der Waals surface area contributed by atoms with Crippen molar-refractivity contribution in [3.63, 3.8) is 0 Å². The number of rotatable bonds is 8. The Labute approximate surface area is 166 Å². The van der Waals surface area contributed by atoms with Gasteiger partial charge >= 0.3 is 6.03 Å². The van der Waals surface area contributed by atoms with E-state index in [1.54, 1.807) is 6.07 Å². The van der Waals surface area contributed by atoms with Crippen molar-refractivity contribution < 1.29 is 14.0 Å². The number of aromatic nitrogens is 2. The molecular formula is C19H24FN5O2S. The molecule has 0 saturated carbocycles. The third-order valence-corrected chi connectivity index (χ3v) is 6.77. The van der Waals surface area contributed by atoms with Gasteiger partial charge in [-0.3, -0.25) is 4.79 Å². The van der Waals surface area contributed by atoms with Crippen molar-refractivity contribution in [1.29, 1.82) is 0 Å². The molecule has 0 radical (unpaired) electrons. The quantitative estimate of drug-likeness (QED) is 0.399. The largest absolute Gasteiger partial charge is 0.356 e. The lowest BCUT2D eigenvalue weighted by Gasteiger charge is -2.16. The van der Waals surface area contributed by atoms with E-state index in [1.165, 1.54) is 12.1 Å². The molecule has 0 aliphatic carbocycles. The highest BCUT2D eigenvalue weighted by Crippen LogP contribution is 2.33. The summed E-state index contributed by atoms with van der Waals surface area (Å²) >= 11 is 1.90. The van der Waals surface area contributed by atoms with Gasteiger partial charge in [-0.25, -0.2) is 14.2 Å². The summed E-state index contributed by atoms with van der Waals surface area (Å²) in [4.78, 5) is 30.9. The molecule has 2 aliphatic rings. The number of halogens is 1. The molecule has 0 bridgehead atoms. The third kappa shape index (κ3) is 4.40. The smallest absolute Gasteiger partial charge is 0.315 e. The van der Waals surface area contributed by atoms with Crippen molar-refractivity contribution in [3.8, 4) is 0 Å². The van der Waals surface area contributed by atoms with Gasteiger partial charge in [0, 0.05) is 30.4 Å². The molecule has 2 aromatic rings. The fourth-order valence-corrected chi connectivity index (χ4v) is 5.38. The lowest BCUT2D eigenvalue weighted by molar-refractivity contribution is -0.121. The molecule has 3 amide bonds. The lowest BCUT2D eigenvalue weighted by Crippen LogP contribution is -2.36. The minimum absolute atomic E-state index is 0.0370. The standard InChI is InChI=1S/C19H24FN5O2S/c20-11-5-6-12-13(9-11)23-16(22-12)7-8-21-17(26)4-2-1-3-15-18-14(10-28-15)24-19(27)25-18/h5-6,9,14-15,18H,1-4,7-8,10H2,(H,21,26)(H,22,23)(H2,24,25,27)/t14-,15-,18-/m0/s1. The van der Waals surface area contributed by atoms with Gasteiger partial charge in [-0.2, -0.15) is 11.8 Å². The van der Waals surface area contributed by atoms with E-state index in [-0.39, 0.29) is 29.8 Å². The molecule has 1 aromatic carbocycles. The van der Waals surface area contributed by atoms with E-state index in [4.69, 9.17) is 0 Å². The Morgan fingerprint density at radius 3 is 3.11 bits per heavy atom. The van der Waals surface area contributed by atoms with Gasteiger partial charge in [0.2, 0.25) is 5.91 Å². The summed E-state index contributed by atoms with van der Waals surface area (Å²) in [6, 6.07) is 4.86. The van der Waals surface area contributed by atoms with Crippen LogP contribution in [0.1, 0.15) is 31.5 Å². The molecule has 3 atom stereocenters. The second kappa shape index (κ2) is 8.38. The fraction of sp³-hybridized carbons (Fsp3) is 0.526. The van der Waals surface area contributed by atoms with Gasteiger partial charge < -0.3 is 20.9 Å². The van der Waals surface area contributed by atoms with Crippen LogP contribution in [0.3, 0.4) is 0 Å². The maximum atomic E-state index is 13.2. The molecule has 1 aromatic heterocycles. The molecule has 2 aliphatic heterocycles. The van der Waals surface area contributed by atoms with Gasteiger partial charge in [0.15, 0.2) is 0 Å². The van der Waals surface area contributed by atoms with Crippen LogP contribution in [0.2, 0.25) is 0 Å². The first-order valence-electron chi connectivity index (χ1n) is 9.68. The second-order valence-electron chi connectivity index (χ2n) is 7.31. The number of H-pyrrole nitrogens is 1. The van der Waals surface area contributed by atoms with E-state index >= 15 is 0 Å². The number of carbonyl (C=O) groups is 2. The van der Waals surface area contributed by atoms with E-state index in [2.05, 4.69) is 25.9 Å². The number of nitrogens with one attached hydrogen (secondary N) is 4. The number of nitrogens with zero attached hydrogens (tertiary/aromatic N) is 1. The summed E-state index contributed by atoms with van der Waals surface area (Å²) in [6.45, 7) is 0.501. The minimum atomic E-state index is -0.297. The maximum absolute atomic E-state index is 13.2. The highest BCUT2D eigenvalue weighted by Gasteiger charge is 2.42. The van der Waals surface area contributed by atoms with Crippen LogP contribution in [0.4, 0.5) is 9.18 Å². The lowest BCUT2D eigenvalue weighted by atomic mass is 10.0. The number of hydrogen-bond acceptors (Lipinski definition) is 4. The zero-order valence-corrected chi connectivity index (χ0v) is 16.3. The molecule has 3 heterocycles. The number of hydrogen-bond donors (Lipinski definition) is 4. The average Bonchev–Trinajstić information content (AvgIpc) is 3.32. The number of unbranched alkanes of at least 4 members (excludes halogenated alkanes) is 1. The van der Waals surface area contributed by atoms with Crippen LogP contribution in [0.5, 0.6) is 0 Å². The van der Waals surface area contributed by atoms with Crippen molar-refractivity contribution >= 4 is 34.7 Å². The van der Waals surface area contributed by atoms with E-state index in [0.717, 1.165) is 36.4 Å². The van der Waals surface area contributed by atoms with Crippen LogP contribution in [0.25, 0.3) is 11.0 Å². The van der Waals surface area contributed by atoms with Crippen molar-refractivity contribution in [2.45, 2.75) is 49.4 Å². The van der Waals surface area contributed by atoms with Gasteiger partial charge in [0.25, 0.3) is 0 Å². The molecule has 150 valence electrons. The fourth-order valence-electron chi connectivity index (χ4n) is 3.84. The zero-order chi connectivity index (χ0) is 19.5. The van der Waals surface area contributed by atoms with Crippen LogP contribution >= 0.6 is 11.8 Å². The monoisotopic (exact) mass is 405 g/mol. The first kappa shape index (κ1) is 19.0. The highest BCUT2D eigenvalue weighted by atomic mass is 32.2. The highest BCUT2D eigenvalue weighted by molar-refractivity contribution is 8.00. The van der Waals surface area contributed by atoms with Crippen molar-refractivity contribution in [2.75, 3.05) is 12.3 Å². The molecule has 2 fully saturated rings. The molecular weight excluding hydrogens is 381 g/mol. The van der Waals surface area contributed by atoms with Gasteiger partial charge in [0.05, 0.1) is 23.1 Å². The van der Waals surface area contributed by atoms with Crippen LogP contribution in [0.15, 0.2) is 18.2 Å². The van der Waals surface area contributed by atoms with Gasteiger partial charge in [-0.15, -0.1) is 0 Å². The van der Waals surface area contributed by atoms with Gasteiger partial charge in [-0.05, 0) is 31.0 Å². The number of aromatic amines is 1. The Kier molecular flexibility index (Phi) is 5.70. The Balaban J connectivity index is 1.12. The van der Waals surface area contributed by atoms with E-state index in [0.29, 0.717) is 30.2 Å². The minimum Gasteiger partial charge on any atom is -0.356 e. The first-order chi connectivity index (χ1) is 13.6. The summed E-state index contributed by atoms with van der Waals surface area (Å²) in [7, 11) is 0. The summed E-state index contributed by atoms with van der Waals surface area (Å²) in [5, 5.41) is 9.28. The number of fused-ring (bicyclic) bond motifs is 2.